The Morgan fingerprint density at radius 3 is 2.65 bits per heavy atom. The summed E-state index contributed by atoms with van der Waals surface area (Å²) in [6.45, 7) is 8.59. The Kier molecular flexibility index (Phi) is 6.59. The van der Waals surface area contributed by atoms with Crippen molar-refractivity contribution >= 4 is 12.4 Å². The van der Waals surface area contributed by atoms with E-state index in [1.54, 1.807) is 6.07 Å². The highest BCUT2D eigenvalue weighted by Gasteiger charge is 2.31. The van der Waals surface area contributed by atoms with E-state index >= 15 is 0 Å². The molecule has 0 bridgehead atoms. The molecule has 144 valence electrons. The van der Waals surface area contributed by atoms with Gasteiger partial charge in [-0.1, -0.05) is 13.0 Å². The van der Waals surface area contributed by atoms with Crippen molar-refractivity contribution in [3.63, 3.8) is 0 Å². The number of halogens is 4. The van der Waals surface area contributed by atoms with E-state index in [9.17, 15) is 13.2 Å². The summed E-state index contributed by atoms with van der Waals surface area (Å²) in [5.41, 5.74) is -0.397. The number of likely N-dealkylation sites (N-methyl/N-ethyl adjacent to an activating group) is 1. The number of hydrogen-bond acceptors (Lipinski definition) is 5. The zero-order chi connectivity index (χ0) is 18.0. The quantitative estimate of drug-likeness (QED) is 0.803. The van der Waals surface area contributed by atoms with Crippen molar-refractivity contribution in [2.45, 2.75) is 32.6 Å². The van der Waals surface area contributed by atoms with Crippen LogP contribution in [0.2, 0.25) is 0 Å². The third-order valence-electron chi connectivity index (χ3n) is 4.59. The van der Waals surface area contributed by atoms with Gasteiger partial charge in [-0.2, -0.15) is 17.9 Å². The first kappa shape index (κ1) is 20.6. The van der Waals surface area contributed by atoms with Crippen molar-refractivity contribution in [1.29, 1.82) is 0 Å². The molecular formula is C16H22ClF3N6. The SMILES string of the molecule is CCN1CCN(Cc2nnnn2-c2cccc(C(F)(F)F)c2)[C@H](C)C1.Cl. The monoisotopic (exact) mass is 390 g/mol. The predicted octanol–water partition coefficient (Wildman–Crippen LogP) is 2.63. The summed E-state index contributed by atoms with van der Waals surface area (Å²) in [6, 6.07) is 5.39. The fraction of sp³-hybridized carbons (Fsp3) is 0.562. The lowest BCUT2D eigenvalue weighted by atomic mass is 10.2. The Hall–Kier alpha value is -1.71. The minimum atomic E-state index is -4.39. The van der Waals surface area contributed by atoms with Crippen molar-refractivity contribution in [3.8, 4) is 5.69 Å². The highest BCUT2D eigenvalue weighted by molar-refractivity contribution is 5.85. The second-order valence-corrected chi connectivity index (χ2v) is 6.27. The maximum atomic E-state index is 12.9. The van der Waals surface area contributed by atoms with Gasteiger partial charge in [0.05, 0.1) is 17.8 Å². The van der Waals surface area contributed by atoms with Gasteiger partial charge < -0.3 is 4.90 Å². The van der Waals surface area contributed by atoms with Crippen molar-refractivity contribution in [3.05, 3.63) is 35.7 Å². The first-order valence-corrected chi connectivity index (χ1v) is 8.29. The normalized spacial score (nSPS) is 19.3. The summed E-state index contributed by atoms with van der Waals surface area (Å²) >= 11 is 0. The van der Waals surface area contributed by atoms with Crippen LogP contribution in [0.1, 0.15) is 25.2 Å². The Labute approximate surface area is 156 Å². The molecule has 1 aliphatic rings. The molecule has 0 saturated carbocycles. The first-order valence-electron chi connectivity index (χ1n) is 8.29. The van der Waals surface area contributed by atoms with Crippen LogP contribution in [0.3, 0.4) is 0 Å². The minimum absolute atomic E-state index is 0. The zero-order valence-corrected chi connectivity index (χ0v) is 15.5. The zero-order valence-electron chi connectivity index (χ0n) is 14.6. The molecule has 10 heteroatoms. The first-order chi connectivity index (χ1) is 11.9. The molecule has 3 rings (SSSR count). The van der Waals surface area contributed by atoms with Crippen molar-refractivity contribution in [2.75, 3.05) is 26.2 Å². The molecule has 0 spiro atoms. The van der Waals surface area contributed by atoms with Crippen molar-refractivity contribution < 1.29 is 13.2 Å². The maximum Gasteiger partial charge on any atom is 0.416 e. The molecule has 1 saturated heterocycles. The molecule has 0 unspecified atom stereocenters. The Bertz CT molecular complexity index is 720. The van der Waals surface area contributed by atoms with E-state index in [1.165, 1.54) is 10.7 Å². The van der Waals surface area contributed by atoms with Gasteiger partial charge in [-0.25, -0.2) is 0 Å². The molecule has 1 atom stereocenters. The molecule has 0 amide bonds. The van der Waals surface area contributed by atoms with Crippen LogP contribution in [0.5, 0.6) is 0 Å². The van der Waals surface area contributed by atoms with Crippen LogP contribution >= 0.6 is 12.4 Å². The van der Waals surface area contributed by atoms with Crippen LogP contribution in [0.25, 0.3) is 5.69 Å². The number of hydrogen-bond donors (Lipinski definition) is 0. The number of benzene rings is 1. The van der Waals surface area contributed by atoms with Gasteiger partial charge in [-0.3, -0.25) is 4.90 Å². The standard InChI is InChI=1S/C16H21F3N6.ClH/c1-3-23-7-8-24(12(2)10-23)11-15-20-21-22-25(15)14-6-4-5-13(9-14)16(17,18)19;/h4-6,9,12H,3,7-8,10-11H2,1-2H3;1H/t12-;/m1./s1. The third kappa shape index (κ3) is 4.52. The molecule has 0 N–H and O–H groups in total. The van der Waals surface area contributed by atoms with E-state index in [2.05, 4.69) is 39.2 Å². The molecule has 0 aliphatic carbocycles. The van der Waals surface area contributed by atoms with Crippen LogP contribution in [0.4, 0.5) is 13.2 Å². The van der Waals surface area contributed by atoms with Crippen LogP contribution in [0, 0.1) is 0 Å². The molecule has 0 radical (unpaired) electrons. The molecular weight excluding hydrogens is 369 g/mol. The van der Waals surface area contributed by atoms with E-state index in [-0.39, 0.29) is 12.4 Å². The largest absolute Gasteiger partial charge is 0.416 e. The topological polar surface area (TPSA) is 50.1 Å². The summed E-state index contributed by atoms with van der Waals surface area (Å²) in [4.78, 5) is 4.62. The molecule has 1 aromatic carbocycles. The van der Waals surface area contributed by atoms with Crippen LogP contribution in [-0.2, 0) is 12.7 Å². The Morgan fingerprint density at radius 1 is 1.23 bits per heavy atom. The molecule has 2 aromatic rings. The number of alkyl halides is 3. The molecule has 1 aromatic heterocycles. The van der Waals surface area contributed by atoms with Gasteiger partial charge in [-0.05, 0) is 42.1 Å². The predicted molar refractivity (Wildman–Crippen MR) is 93.4 cm³/mol. The summed E-state index contributed by atoms with van der Waals surface area (Å²) < 4.78 is 40.2. The fourth-order valence-corrected chi connectivity index (χ4v) is 3.09. The number of nitrogens with zero attached hydrogens (tertiary/aromatic N) is 6. The summed E-state index contributed by atoms with van der Waals surface area (Å²) in [5.74, 6) is 0.538. The van der Waals surface area contributed by atoms with Gasteiger partial charge in [0.2, 0.25) is 0 Å². The summed E-state index contributed by atoms with van der Waals surface area (Å²) in [5, 5.41) is 11.6. The van der Waals surface area contributed by atoms with Gasteiger partial charge in [0.15, 0.2) is 5.82 Å². The lowest BCUT2D eigenvalue weighted by Crippen LogP contribution is -2.51. The van der Waals surface area contributed by atoms with Gasteiger partial charge in [0, 0.05) is 25.7 Å². The lowest BCUT2D eigenvalue weighted by molar-refractivity contribution is -0.137. The highest BCUT2D eigenvalue weighted by Crippen LogP contribution is 2.30. The van der Waals surface area contributed by atoms with Gasteiger partial charge in [-0.15, -0.1) is 17.5 Å². The average Bonchev–Trinajstić information content (AvgIpc) is 3.04. The highest BCUT2D eigenvalue weighted by atomic mass is 35.5. The molecule has 1 aliphatic heterocycles. The third-order valence-corrected chi connectivity index (χ3v) is 4.59. The van der Waals surface area contributed by atoms with Gasteiger partial charge >= 0.3 is 6.18 Å². The van der Waals surface area contributed by atoms with Crippen LogP contribution in [-0.4, -0.2) is 62.2 Å². The van der Waals surface area contributed by atoms with E-state index in [1.807, 2.05) is 0 Å². The van der Waals surface area contributed by atoms with E-state index in [0.717, 1.165) is 38.3 Å². The molecule has 26 heavy (non-hydrogen) atoms. The smallest absolute Gasteiger partial charge is 0.301 e. The lowest BCUT2D eigenvalue weighted by Gasteiger charge is -2.39. The average molecular weight is 391 g/mol. The van der Waals surface area contributed by atoms with E-state index in [4.69, 9.17) is 0 Å². The molecule has 6 nitrogen and oxygen atoms in total. The van der Waals surface area contributed by atoms with Crippen molar-refractivity contribution in [1.82, 2.24) is 30.0 Å². The van der Waals surface area contributed by atoms with E-state index in [0.29, 0.717) is 24.1 Å². The Morgan fingerprint density at radius 2 is 2.00 bits per heavy atom. The van der Waals surface area contributed by atoms with Crippen LogP contribution in [0.15, 0.2) is 24.3 Å². The summed E-state index contributed by atoms with van der Waals surface area (Å²) in [6.07, 6.45) is -4.39. The maximum absolute atomic E-state index is 12.9. The van der Waals surface area contributed by atoms with Crippen molar-refractivity contribution in [2.24, 2.45) is 0 Å². The Balaban J connectivity index is 0.00000243. The number of piperazine rings is 1. The van der Waals surface area contributed by atoms with E-state index < -0.39 is 11.7 Å². The molecule has 2 heterocycles. The number of tetrazole rings is 1. The van der Waals surface area contributed by atoms with Gasteiger partial charge in [0.1, 0.15) is 0 Å². The second-order valence-electron chi connectivity index (χ2n) is 6.27. The minimum Gasteiger partial charge on any atom is -0.301 e. The summed E-state index contributed by atoms with van der Waals surface area (Å²) in [7, 11) is 0. The number of rotatable bonds is 4. The number of aromatic nitrogens is 4. The van der Waals surface area contributed by atoms with Crippen LogP contribution < -0.4 is 0 Å². The van der Waals surface area contributed by atoms with Gasteiger partial charge in [0.25, 0.3) is 0 Å². The molecule has 1 fully saturated rings. The fourth-order valence-electron chi connectivity index (χ4n) is 3.09. The second kappa shape index (κ2) is 8.32.